The number of pyridine rings is 1. The number of nitrogens with zero attached hydrogens (tertiary/aromatic N) is 4. The summed E-state index contributed by atoms with van der Waals surface area (Å²) in [6.07, 6.45) is -3.44. The fourth-order valence-electron chi connectivity index (χ4n) is 2.91. The van der Waals surface area contributed by atoms with E-state index in [0.29, 0.717) is 5.52 Å². The number of halogens is 3. The Hall–Kier alpha value is -2.91. The van der Waals surface area contributed by atoms with Crippen LogP contribution in [-0.4, -0.2) is 31.1 Å². The largest absolute Gasteiger partial charge is 0.459 e. The fourth-order valence-corrected chi connectivity index (χ4v) is 2.91. The lowest BCUT2D eigenvalue weighted by atomic mass is 10.2. The normalized spacial score (nSPS) is 12.7. The highest BCUT2D eigenvalue weighted by atomic mass is 19.4. The van der Waals surface area contributed by atoms with Crippen molar-refractivity contribution in [3.63, 3.8) is 0 Å². The Morgan fingerprint density at radius 2 is 1.93 bits per heavy atom. The van der Waals surface area contributed by atoms with Crippen LogP contribution in [0, 0.1) is 6.92 Å². The second kappa shape index (κ2) is 6.07. The summed E-state index contributed by atoms with van der Waals surface area (Å²) >= 11 is 0. The first-order valence-electron chi connectivity index (χ1n) is 8.07. The third-order valence-electron chi connectivity index (χ3n) is 3.80. The molecule has 0 unspecified atom stereocenters. The highest BCUT2D eigenvalue weighted by molar-refractivity contribution is 6.10. The maximum atomic E-state index is 13.2. The number of rotatable bonds is 2. The van der Waals surface area contributed by atoms with Crippen LogP contribution < -0.4 is 5.73 Å². The summed E-state index contributed by atoms with van der Waals surface area (Å²) in [6.45, 7) is 6.42. The van der Waals surface area contributed by atoms with Crippen molar-refractivity contribution < 1.29 is 22.7 Å². The lowest BCUT2D eigenvalue weighted by Gasteiger charge is -2.20. The molecule has 3 rings (SSSR count). The van der Waals surface area contributed by atoms with E-state index in [1.807, 2.05) is 0 Å². The minimum absolute atomic E-state index is 0.000941. The number of esters is 1. The van der Waals surface area contributed by atoms with Crippen LogP contribution in [-0.2, 0) is 22.3 Å². The van der Waals surface area contributed by atoms with Crippen molar-refractivity contribution in [1.29, 1.82) is 0 Å². The minimum atomic E-state index is -4.62. The summed E-state index contributed by atoms with van der Waals surface area (Å²) in [5, 5.41) is 0.172. The SMILES string of the molecule is Cc1cc(C(F)(F)F)nc2c3c(N)ncnc3n(CC(=O)OC(C)(C)C)c12. The molecule has 144 valence electrons. The Kier molecular flexibility index (Phi) is 4.24. The molecule has 3 aromatic rings. The van der Waals surface area contributed by atoms with Gasteiger partial charge in [-0.1, -0.05) is 0 Å². The summed E-state index contributed by atoms with van der Waals surface area (Å²) in [7, 11) is 0. The molecular formula is C17H18F3N5O2. The summed E-state index contributed by atoms with van der Waals surface area (Å²) < 4.78 is 46.4. The van der Waals surface area contributed by atoms with E-state index < -0.39 is 23.4 Å². The van der Waals surface area contributed by atoms with Gasteiger partial charge in [-0.25, -0.2) is 15.0 Å². The van der Waals surface area contributed by atoms with Crippen LogP contribution in [0.25, 0.3) is 22.1 Å². The quantitative estimate of drug-likeness (QED) is 0.685. The van der Waals surface area contributed by atoms with Crippen LogP contribution in [0.1, 0.15) is 32.0 Å². The van der Waals surface area contributed by atoms with Gasteiger partial charge in [0.2, 0.25) is 0 Å². The van der Waals surface area contributed by atoms with Gasteiger partial charge in [-0.15, -0.1) is 0 Å². The van der Waals surface area contributed by atoms with E-state index in [0.717, 1.165) is 6.07 Å². The molecule has 3 aromatic heterocycles. The van der Waals surface area contributed by atoms with Gasteiger partial charge in [0.25, 0.3) is 0 Å². The van der Waals surface area contributed by atoms with Crippen molar-refractivity contribution >= 4 is 33.9 Å². The number of hydrogen-bond donors (Lipinski definition) is 1. The Bertz CT molecular complexity index is 1050. The highest BCUT2D eigenvalue weighted by Crippen LogP contribution is 2.36. The van der Waals surface area contributed by atoms with E-state index in [4.69, 9.17) is 10.5 Å². The van der Waals surface area contributed by atoms with Gasteiger partial charge in [-0.05, 0) is 39.3 Å². The second-order valence-corrected chi connectivity index (χ2v) is 7.15. The molecule has 10 heteroatoms. The molecule has 0 saturated carbocycles. The molecule has 0 fully saturated rings. The Morgan fingerprint density at radius 1 is 1.26 bits per heavy atom. The Balaban J connectivity index is 2.29. The summed E-state index contributed by atoms with van der Waals surface area (Å²) in [6, 6.07) is 0.927. The van der Waals surface area contributed by atoms with Gasteiger partial charge >= 0.3 is 12.1 Å². The van der Waals surface area contributed by atoms with Crippen LogP contribution in [0.15, 0.2) is 12.4 Å². The predicted molar refractivity (Wildman–Crippen MR) is 92.8 cm³/mol. The number of hydrogen-bond acceptors (Lipinski definition) is 6. The first kappa shape index (κ1) is 18.9. The van der Waals surface area contributed by atoms with E-state index in [1.54, 1.807) is 20.8 Å². The van der Waals surface area contributed by atoms with Crippen LogP contribution in [0.5, 0.6) is 0 Å². The first-order chi connectivity index (χ1) is 12.4. The Labute approximate surface area is 152 Å². The summed E-state index contributed by atoms with van der Waals surface area (Å²) in [5.74, 6) is -0.572. The molecule has 0 atom stereocenters. The Morgan fingerprint density at radius 3 is 2.52 bits per heavy atom. The second-order valence-electron chi connectivity index (χ2n) is 7.15. The van der Waals surface area contributed by atoms with Crippen LogP contribution in [0.4, 0.5) is 19.0 Å². The van der Waals surface area contributed by atoms with Crippen molar-refractivity contribution in [1.82, 2.24) is 19.5 Å². The number of anilines is 1. The van der Waals surface area contributed by atoms with E-state index in [-0.39, 0.29) is 34.5 Å². The molecule has 0 aliphatic rings. The number of ether oxygens (including phenoxy) is 1. The monoisotopic (exact) mass is 381 g/mol. The van der Waals surface area contributed by atoms with Crippen molar-refractivity contribution in [2.75, 3.05) is 5.73 Å². The standard InChI is InChI=1S/C17H18F3N5O2/c1-8-5-9(17(18,19)20)24-12-11-14(21)22-7-23-15(11)25(13(8)12)6-10(26)27-16(2,3)4/h5,7H,6H2,1-4H3,(H2,21,22,23). The summed E-state index contributed by atoms with van der Waals surface area (Å²) in [5.41, 5.74) is 4.95. The number of carbonyl (C=O) groups is 1. The smallest absolute Gasteiger partial charge is 0.433 e. The van der Waals surface area contributed by atoms with E-state index in [1.165, 1.54) is 17.8 Å². The molecule has 0 saturated heterocycles. The summed E-state index contributed by atoms with van der Waals surface area (Å²) in [4.78, 5) is 24.0. The maximum Gasteiger partial charge on any atom is 0.433 e. The first-order valence-corrected chi connectivity index (χ1v) is 8.07. The van der Waals surface area contributed by atoms with Gasteiger partial charge < -0.3 is 15.0 Å². The third-order valence-corrected chi connectivity index (χ3v) is 3.80. The molecule has 0 aliphatic heterocycles. The highest BCUT2D eigenvalue weighted by Gasteiger charge is 2.34. The molecule has 0 aliphatic carbocycles. The van der Waals surface area contributed by atoms with Crippen LogP contribution in [0.3, 0.4) is 0 Å². The average Bonchev–Trinajstić information content (AvgIpc) is 2.80. The van der Waals surface area contributed by atoms with Gasteiger partial charge in [0.1, 0.15) is 41.1 Å². The number of aromatic nitrogens is 4. The number of fused-ring (bicyclic) bond motifs is 3. The van der Waals surface area contributed by atoms with Crippen LogP contribution in [0.2, 0.25) is 0 Å². The molecule has 0 amide bonds. The molecule has 27 heavy (non-hydrogen) atoms. The van der Waals surface area contributed by atoms with Crippen molar-refractivity contribution in [3.8, 4) is 0 Å². The molecule has 3 heterocycles. The predicted octanol–water partition coefficient (Wildman–Crippen LogP) is 3.23. The number of carbonyl (C=O) groups excluding carboxylic acids is 1. The van der Waals surface area contributed by atoms with Gasteiger partial charge in [-0.2, -0.15) is 13.2 Å². The fraction of sp³-hybridized carbons (Fsp3) is 0.412. The number of aryl methyl sites for hydroxylation is 1. The van der Waals surface area contributed by atoms with Gasteiger partial charge in [0.05, 0.1) is 10.9 Å². The minimum Gasteiger partial charge on any atom is -0.459 e. The number of nitrogen functional groups attached to an aromatic ring is 1. The van der Waals surface area contributed by atoms with Crippen molar-refractivity contribution in [3.05, 3.63) is 23.7 Å². The zero-order chi connectivity index (χ0) is 20.1. The van der Waals surface area contributed by atoms with Crippen LogP contribution >= 0.6 is 0 Å². The zero-order valence-corrected chi connectivity index (χ0v) is 15.2. The van der Waals surface area contributed by atoms with Gasteiger partial charge in [0, 0.05) is 0 Å². The number of nitrogens with two attached hydrogens (primary N) is 1. The third kappa shape index (κ3) is 3.51. The van der Waals surface area contributed by atoms with Crippen molar-refractivity contribution in [2.24, 2.45) is 0 Å². The van der Waals surface area contributed by atoms with Gasteiger partial charge in [-0.3, -0.25) is 4.79 Å². The lowest BCUT2D eigenvalue weighted by Crippen LogP contribution is -2.26. The molecular weight excluding hydrogens is 363 g/mol. The molecule has 7 nitrogen and oxygen atoms in total. The average molecular weight is 381 g/mol. The topological polar surface area (TPSA) is 95.9 Å². The molecule has 0 aromatic carbocycles. The van der Waals surface area contributed by atoms with E-state index in [2.05, 4.69) is 15.0 Å². The van der Waals surface area contributed by atoms with E-state index in [9.17, 15) is 18.0 Å². The molecule has 0 radical (unpaired) electrons. The zero-order valence-electron chi connectivity index (χ0n) is 15.2. The molecule has 0 bridgehead atoms. The molecule has 0 spiro atoms. The van der Waals surface area contributed by atoms with Gasteiger partial charge in [0.15, 0.2) is 0 Å². The maximum absolute atomic E-state index is 13.2. The van der Waals surface area contributed by atoms with E-state index >= 15 is 0 Å². The lowest BCUT2D eigenvalue weighted by molar-refractivity contribution is -0.155. The number of alkyl halides is 3. The molecule has 2 N–H and O–H groups in total. The van der Waals surface area contributed by atoms with Crippen molar-refractivity contribution in [2.45, 2.75) is 46.0 Å².